The average molecular weight is 291 g/mol. The van der Waals surface area contributed by atoms with Crippen molar-refractivity contribution in [2.45, 2.75) is 51.7 Å². The van der Waals surface area contributed by atoms with Crippen molar-refractivity contribution >= 4 is 0 Å². The molecule has 0 radical (unpaired) electrons. The summed E-state index contributed by atoms with van der Waals surface area (Å²) in [6.45, 7) is 6.30. The number of ether oxygens (including phenoxy) is 2. The van der Waals surface area contributed by atoms with Crippen molar-refractivity contribution in [1.82, 2.24) is 5.32 Å². The van der Waals surface area contributed by atoms with E-state index in [2.05, 4.69) is 43.4 Å². The number of nitrogens with one attached hydrogen (secondary N) is 1. The van der Waals surface area contributed by atoms with Gasteiger partial charge in [0.25, 0.3) is 0 Å². The van der Waals surface area contributed by atoms with Crippen LogP contribution in [-0.4, -0.2) is 26.4 Å². The largest absolute Gasteiger partial charge is 0.490 e. The Labute approximate surface area is 129 Å². The molecule has 1 saturated carbocycles. The monoisotopic (exact) mass is 291 g/mol. The van der Waals surface area contributed by atoms with Gasteiger partial charge in [0.05, 0.1) is 6.10 Å². The molecule has 1 fully saturated rings. The smallest absolute Gasteiger partial charge is 0.120 e. The lowest BCUT2D eigenvalue weighted by Gasteiger charge is -2.23. The van der Waals surface area contributed by atoms with Crippen LogP contribution in [0.4, 0.5) is 0 Å². The second-order valence-electron chi connectivity index (χ2n) is 6.19. The van der Waals surface area contributed by atoms with E-state index in [1.165, 1.54) is 18.4 Å². The summed E-state index contributed by atoms with van der Waals surface area (Å²) in [5.41, 5.74) is 1.32. The maximum Gasteiger partial charge on any atom is 0.120 e. The minimum atomic E-state index is 0.373. The van der Waals surface area contributed by atoms with Crippen molar-refractivity contribution in [2.75, 3.05) is 20.3 Å². The zero-order chi connectivity index (χ0) is 15.1. The van der Waals surface area contributed by atoms with E-state index in [1.807, 2.05) is 0 Å². The number of benzene rings is 1. The molecule has 3 heteroatoms. The third-order valence-corrected chi connectivity index (χ3v) is 3.82. The SMILES string of the molecule is CCCNC(CC(C)COC)c1cccc(OC2CC2)c1. The fraction of sp³-hybridized carbons (Fsp3) is 0.667. The number of methoxy groups -OCH3 is 1. The molecule has 0 aromatic heterocycles. The van der Waals surface area contributed by atoms with Gasteiger partial charge in [-0.3, -0.25) is 0 Å². The molecule has 0 amide bonds. The second kappa shape index (κ2) is 8.40. The zero-order valence-corrected chi connectivity index (χ0v) is 13.6. The van der Waals surface area contributed by atoms with Gasteiger partial charge in [-0.15, -0.1) is 0 Å². The van der Waals surface area contributed by atoms with Crippen molar-refractivity contribution in [3.05, 3.63) is 29.8 Å². The summed E-state index contributed by atoms with van der Waals surface area (Å²) in [6, 6.07) is 8.95. The van der Waals surface area contributed by atoms with Crippen LogP contribution in [0.3, 0.4) is 0 Å². The predicted molar refractivity (Wildman–Crippen MR) is 86.8 cm³/mol. The summed E-state index contributed by atoms with van der Waals surface area (Å²) in [4.78, 5) is 0. The van der Waals surface area contributed by atoms with Gasteiger partial charge in [0.2, 0.25) is 0 Å². The summed E-state index contributed by atoms with van der Waals surface area (Å²) in [5, 5.41) is 3.66. The van der Waals surface area contributed by atoms with Crippen LogP contribution in [-0.2, 0) is 4.74 Å². The van der Waals surface area contributed by atoms with Gasteiger partial charge in [0.1, 0.15) is 5.75 Å². The van der Waals surface area contributed by atoms with Crippen LogP contribution in [0, 0.1) is 5.92 Å². The Morgan fingerprint density at radius 1 is 1.33 bits per heavy atom. The highest BCUT2D eigenvalue weighted by Crippen LogP contribution is 2.29. The quantitative estimate of drug-likeness (QED) is 0.708. The Hall–Kier alpha value is -1.06. The van der Waals surface area contributed by atoms with E-state index in [0.717, 1.165) is 31.7 Å². The Bertz CT molecular complexity index is 417. The summed E-state index contributed by atoms with van der Waals surface area (Å²) in [5.74, 6) is 1.55. The van der Waals surface area contributed by atoms with Crippen LogP contribution in [0.1, 0.15) is 51.1 Å². The highest BCUT2D eigenvalue weighted by atomic mass is 16.5. The van der Waals surface area contributed by atoms with Crippen molar-refractivity contribution in [3.8, 4) is 5.75 Å². The van der Waals surface area contributed by atoms with E-state index in [4.69, 9.17) is 9.47 Å². The molecule has 3 nitrogen and oxygen atoms in total. The molecule has 1 aliphatic rings. The van der Waals surface area contributed by atoms with Crippen LogP contribution >= 0.6 is 0 Å². The van der Waals surface area contributed by atoms with E-state index in [1.54, 1.807) is 7.11 Å². The van der Waals surface area contributed by atoms with E-state index >= 15 is 0 Å². The Morgan fingerprint density at radius 3 is 2.81 bits per heavy atom. The average Bonchev–Trinajstić information content (AvgIpc) is 3.28. The van der Waals surface area contributed by atoms with E-state index in [0.29, 0.717) is 18.1 Å². The number of rotatable bonds is 10. The van der Waals surface area contributed by atoms with Crippen molar-refractivity contribution in [2.24, 2.45) is 5.92 Å². The lowest BCUT2D eigenvalue weighted by atomic mass is 9.96. The topological polar surface area (TPSA) is 30.5 Å². The van der Waals surface area contributed by atoms with E-state index in [9.17, 15) is 0 Å². The van der Waals surface area contributed by atoms with E-state index in [-0.39, 0.29) is 0 Å². The van der Waals surface area contributed by atoms with Crippen molar-refractivity contribution in [3.63, 3.8) is 0 Å². The van der Waals surface area contributed by atoms with E-state index < -0.39 is 0 Å². The van der Waals surface area contributed by atoms with Crippen LogP contribution < -0.4 is 10.1 Å². The van der Waals surface area contributed by atoms with Crippen LogP contribution in [0.5, 0.6) is 5.75 Å². The standard InChI is InChI=1S/C18H29NO2/c1-4-10-19-18(11-14(2)13-20-3)15-6-5-7-17(12-15)21-16-8-9-16/h5-7,12,14,16,18-19H,4,8-11,13H2,1-3H3. The first-order valence-electron chi connectivity index (χ1n) is 8.21. The lowest BCUT2D eigenvalue weighted by Crippen LogP contribution is -2.25. The molecule has 0 heterocycles. The molecule has 0 aliphatic heterocycles. The molecule has 2 atom stereocenters. The van der Waals surface area contributed by atoms with Crippen LogP contribution in [0.15, 0.2) is 24.3 Å². The first-order valence-corrected chi connectivity index (χ1v) is 8.21. The first-order chi connectivity index (χ1) is 10.2. The molecule has 1 aliphatic carbocycles. The fourth-order valence-corrected chi connectivity index (χ4v) is 2.59. The van der Waals surface area contributed by atoms with Crippen molar-refractivity contribution < 1.29 is 9.47 Å². The molecule has 2 rings (SSSR count). The summed E-state index contributed by atoms with van der Waals surface area (Å²) in [7, 11) is 1.77. The number of hydrogen-bond donors (Lipinski definition) is 1. The minimum Gasteiger partial charge on any atom is -0.490 e. The Balaban J connectivity index is 2.02. The molecule has 1 N–H and O–H groups in total. The molecule has 2 unspecified atom stereocenters. The van der Waals surface area contributed by atoms with Gasteiger partial charge >= 0.3 is 0 Å². The zero-order valence-electron chi connectivity index (χ0n) is 13.6. The normalized spacial score (nSPS) is 17.5. The van der Waals surface area contributed by atoms with Crippen molar-refractivity contribution in [1.29, 1.82) is 0 Å². The van der Waals surface area contributed by atoms with Gasteiger partial charge in [0.15, 0.2) is 0 Å². The van der Waals surface area contributed by atoms with Crippen LogP contribution in [0.25, 0.3) is 0 Å². The van der Waals surface area contributed by atoms with Gasteiger partial charge in [-0.25, -0.2) is 0 Å². The maximum atomic E-state index is 5.92. The molecular weight excluding hydrogens is 262 g/mol. The van der Waals surface area contributed by atoms with Gasteiger partial charge in [-0.05, 0) is 55.8 Å². The lowest BCUT2D eigenvalue weighted by molar-refractivity contribution is 0.149. The molecule has 21 heavy (non-hydrogen) atoms. The third kappa shape index (κ3) is 5.68. The van der Waals surface area contributed by atoms with Gasteiger partial charge in [-0.2, -0.15) is 0 Å². The molecular formula is C18H29NO2. The maximum absolute atomic E-state index is 5.92. The highest BCUT2D eigenvalue weighted by Gasteiger charge is 2.24. The predicted octanol–water partition coefficient (Wildman–Crippen LogP) is 3.94. The summed E-state index contributed by atoms with van der Waals surface area (Å²) >= 11 is 0. The molecule has 1 aromatic carbocycles. The third-order valence-electron chi connectivity index (χ3n) is 3.82. The van der Waals surface area contributed by atoms with Gasteiger partial charge < -0.3 is 14.8 Å². The molecule has 0 bridgehead atoms. The Morgan fingerprint density at radius 2 is 2.14 bits per heavy atom. The molecule has 1 aromatic rings. The molecule has 0 saturated heterocycles. The van der Waals surface area contributed by atoms with Gasteiger partial charge in [-0.1, -0.05) is 26.0 Å². The second-order valence-corrected chi connectivity index (χ2v) is 6.19. The summed E-state index contributed by atoms with van der Waals surface area (Å²) in [6.07, 6.45) is 5.09. The molecule has 0 spiro atoms. The number of hydrogen-bond acceptors (Lipinski definition) is 3. The fourth-order valence-electron chi connectivity index (χ4n) is 2.59. The first kappa shape index (κ1) is 16.3. The summed E-state index contributed by atoms with van der Waals surface area (Å²) < 4.78 is 11.2. The highest BCUT2D eigenvalue weighted by molar-refractivity contribution is 5.31. The minimum absolute atomic E-state index is 0.373. The van der Waals surface area contributed by atoms with Gasteiger partial charge in [0, 0.05) is 19.8 Å². The molecule has 118 valence electrons. The van der Waals surface area contributed by atoms with Crippen LogP contribution in [0.2, 0.25) is 0 Å². The Kier molecular flexibility index (Phi) is 6.52.